The number of alkyl halides is 3. The first-order valence-corrected chi connectivity index (χ1v) is 6.61. The second kappa shape index (κ2) is 5.80. The molecule has 2 unspecified atom stereocenters. The molecule has 0 spiro atoms. The molecule has 1 aliphatic carbocycles. The molecule has 2 amide bonds. The summed E-state index contributed by atoms with van der Waals surface area (Å²) in [5.74, 6) is -2.42. The van der Waals surface area contributed by atoms with Gasteiger partial charge in [0, 0.05) is 18.9 Å². The first kappa shape index (κ1) is 14.8. The summed E-state index contributed by atoms with van der Waals surface area (Å²) in [5.41, 5.74) is 2.24. The van der Waals surface area contributed by atoms with Crippen LogP contribution in [0.5, 0.6) is 0 Å². The molecule has 1 aliphatic heterocycles. The Balaban J connectivity index is 2.00. The third kappa shape index (κ3) is 3.49. The fourth-order valence-electron chi connectivity index (χ4n) is 2.58. The minimum Gasteiger partial charge on any atom is -0.348 e. The number of hydrazone groups is 1. The van der Waals surface area contributed by atoms with Gasteiger partial charge in [-0.15, -0.1) is 0 Å². The van der Waals surface area contributed by atoms with E-state index in [2.05, 4.69) is 15.8 Å². The molecule has 5 nitrogen and oxygen atoms in total. The van der Waals surface area contributed by atoms with E-state index in [1.807, 2.05) is 0 Å². The molecule has 20 heavy (non-hydrogen) atoms. The number of halogens is 3. The second-order valence-corrected chi connectivity index (χ2v) is 5.11. The van der Waals surface area contributed by atoms with Crippen LogP contribution in [0.4, 0.5) is 13.2 Å². The molecule has 112 valence electrons. The molecule has 8 heteroatoms. The van der Waals surface area contributed by atoms with Crippen LogP contribution in [-0.4, -0.2) is 29.7 Å². The molecule has 2 N–H and O–H groups in total. The summed E-state index contributed by atoms with van der Waals surface area (Å²) in [7, 11) is 0. The highest BCUT2D eigenvalue weighted by atomic mass is 19.4. The zero-order valence-electron chi connectivity index (χ0n) is 10.8. The second-order valence-electron chi connectivity index (χ2n) is 5.11. The van der Waals surface area contributed by atoms with Crippen LogP contribution in [0.1, 0.15) is 38.5 Å². The van der Waals surface area contributed by atoms with Crippen LogP contribution in [0, 0.1) is 5.92 Å². The van der Waals surface area contributed by atoms with Gasteiger partial charge in [0.25, 0.3) is 5.91 Å². The Morgan fingerprint density at radius 1 is 1.25 bits per heavy atom. The van der Waals surface area contributed by atoms with Crippen LogP contribution in [0.2, 0.25) is 0 Å². The van der Waals surface area contributed by atoms with E-state index in [1.165, 1.54) is 0 Å². The summed E-state index contributed by atoms with van der Waals surface area (Å²) in [6, 6.07) is -0.906. The van der Waals surface area contributed by atoms with Gasteiger partial charge in [0.2, 0.25) is 5.91 Å². The van der Waals surface area contributed by atoms with E-state index in [4.69, 9.17) is 0 Å². The van der Waals surface area contributed by atoms with Gasteiger partial charge in [-0.3, -0.25) is 9.59 Å². The Morgan fingerprint density at radius 3 is 2.55 bits per heavy atom. The Kier molecular flexibility index (Phi) is 4.29. The number of hydrogen-bond donors (Lipinski definition) is 2. The largest absolute Gasteiger partial charge is 0.393 e. The smallest absolute Gasteiger partial charge is 0.348 e. The third-order valence-corrected chi connectivity index (χ3v) is 3.67. The molecular weight excluding hydrogens is 275 g/mol. The van der Waals surface area contributed by atoms with Crippen LogP contribution in [0.3, 0.4) is 0 Å². The van der Waals surface area contributed by atoms with Crippen molar-refractivity contribution in [3.8, 4) is 0 Å². The van der Waals surface area contributed by atoms with Crippen molar-refractivity contribution in [2.45, 2.75) is 50.7 Å². The zero-order chi connectivity index (χ0) is 14.8. The lowest BCUT2D eigenvalue weighted by Gasteiger charge is -2.33. The fraction of sp³-hybridized carbons (Fsp3) is 0.750. The summed E-state index contributed by atoms with van der Waals surface area (Å²) < 4.78 is 38.7. The molecule has 0 radical (unpaired) electrons. The molecule has 0 saturated heterocycles. The minimum atomic E-state index is -4.30. The number of nitrogens with one attached hydrogen (secondary N) is 2. The van der Waals surface area contributed by atoms with Crippen LogP contribution >= 0.6 is 0 Å². The fourth-order valence-corrected chi connectivity index (χ4v) is 2.58. The van der Waals surface area contributed by atoms with E-state index in [0.29, 0.717) is 19.3 Å². The topological polar surface area (TPSA) is 70.6 Å². The predicted molar refractivity (Wildman–Crippen MR) is 64.8 cm³/mol. The molecule has 1 heterocycles. The van der Waals surface area contributed by atoms with Crippen molar-refractivity contribution >= 4 is 17.5 Å². The number of rotatable bonds is 2. The van der Waals surface area contributed by atoms with E-state index in [-0.39, 0.29) is 30.9 Å². The van der Waals surface area contributed by atoms with Crippen LogP contribution in [0.15, 0.2) is 5.10 Å². The van der Waals surface area contributed by atoms with Crippen LogP contribution < -0.4 is 10.7 Å². The number of nitrogens with zero attached hydrogens (tertiary/aromatic N) is 1. The molecule has 0 aromatic rings. The summed E-state index contributed by atoms with van der Waals surface area (Å²) in [5, 5.41) is 6.01. The van der Waals surface area contributed by atoms with Gasteiger partial charge in [0.1, 0.15) is 5.71 Å². The average Bonchev–Trinajstić information content (AvgIpc) is 2.38. The van der Waals surface area contributed by atoms with Crippen molar-refractivity contribution in [2.24, 2.45) is 11.0 Å². The quantitative estimate of drug-likeness (QED) is 0.809. The summed E-state index contributed by atoms with van der Waals surface area (Å²) in [6.45, 7) is 0. The Labute approximate surface area is 114 Å². The monoisotopic (exact) mass is 291 g/mol. The SMILES string of the molecule is O=C1CCC(C(=O)NC2CCCCC2C(F)(F)F)=NN1. The van der Waals surface area contributed by atoms with E-state index in [9.17, 15) is 22.8 Å². The standard InChI is InChI=1S/C12H16F3N3O2/c13-12(14,15)7-3-1-2-4-8(7)16-11(20)9-5-6-10(19)18-17-9/h7-8H,1-6H2,(H,16,20)(H,18,19). The first-order valence-electron chi connectivity index (χ1n) is 6.61. The third-order valence-electron chi connectivity index (χ3n) is 3.67. The van der Waals surface area contributed by atoms with Gasteiger partial charge in [-0.1, -0.05) is 12.8 Å². The Hall–Kier alpha value is -1.60. The molecule has 1 saturated carbocycles. The van der Waals surface area contributed by atoms with Gasteiger partial charge in [0.05, 0.1) is 5.92 Å². The molecule has 2 aliphatic rings. The van der Waals surface area contributed by atoms with Gasteiger partial charge in [-0.2, -0.15) is 18.3 Å². The number of carbonyl (C=O) groups excluding carboxylic acids is 2. The van der Waals surface area contributed by atoms with E-state index < -0.39 is 24.0 Å². The minimum absolute atomic E-state index is 0.0393. The Bertz CT molecular complexity index is 434. The summed E-state index contributed by atoms with van der Waals surface area (Å²) in [4.78, 5) is 22.8. The molecule has 2 rings (SSSR count). The highest BCUT2D eigenvalue weighted by molar-refractivity contribution is 6.39. The van der Waals surface area contributed by atoms with Crippen LogP contribution in [-0.2, 0) is 9.59 Å². The van der Waals surface area contributed by atoms with Gasteiger partial charge in [-0.05, 0) is 12.8 Å². The lowest BCUT2D eigenvalue weighted by Crippen LogP contribution is -2.50. The highest BCUT2D eigenvalue weighted by Gasteiger charge is 2.46. The van der Waals surface area contributed by atoms with Crippen molar-refractivity contribution < 1.29 is 22.8 Å². The van der Waals surface area contributed by atoms with E-state index in [0.717, 1.165) is 0 Å². The summed E-state index contributed by atoms with van der Waals surface area (Å²) >= 11 is 0. The lowest BCUT2D eigenvalue weighted by molar-refractivity contribution is -0.188. The van der Waals surface area contributed by atoms with Crippen molar-refractivity contribution in [1.29, 1.82) is 0 Å². The highest BCUT2D eigenvalue weighted by Crippen LogP contribution is 2.37. The molecule has 0 aromatic carbocycles. The van der Waals surface area contributed by atoms with E-state index >= 15 is 0 Å². The molecule has 0 aromatic heterocycles. The number of hydrogen-bond acceptors (Lipinski definition) is 3. The van der Waals surface area contributed by atoms with Gasteiger partial charge >= 0.3 is 6.18 Å². The van der Waals surface area contributed by atoms with Crippen LogP contribution in [0.25, 0.3) is 0 Å². The van der Waals surface area contributed by atoms with Crippen molar-refractivity contribution in [3.63, 3.8) is 0 Å². The van der Waals surface area contributed by atoms with Gasteiger partial charge in [0.15, 0.2) is 0 Å². The Morgan fingerprint density at radius 2 is 1.95 bits per heavy atom. The van der Waals surface area contributed by atoms with Gasteiger partial charge < -0.3 is 5.32 Å². The molecule has 2 atom stereocenters. The molecule has 0 bridgehead atoms. The maximum Gasteiger partial charge on any atom is 0.393 e. The van der Waals surface area contributed by atoms with Crippen molar-refractivity contribution in [3.05, 3.63) is 0 Å². The van der Waals surface area contributed by atoms with Crippen molar-refractivity contribution in [1.82, 2.24) is 10.7 Å². The maximum absolute atomic E-state index is 12.9. The van der Waals surface area contributed by atoms with Gasteiger partial charge in [-0.25, -0.2) is 5.43 Å². The lowest BCUT2D eigenvalue weighted by atomic mass is 9.84. The predicted octanol–water partition coefficient (Wildman–Crippen LogP) is 1.49. The zero-order valence-corrected chi connectivity index (χ0v) is 10.8. The molecular formula is C12H16F3N3O2. The number of amides is 2. The normalized spacial score (nSPS) is 27.6. The maximum atomic E-state index is 12.9. The number of carbonyl (C=O) groups is 2. The molecule has 1 fully saturated rings. The summed E-state index contributed by atoms with van der Waals surface area (Å²) in [6.07, 6.45) is -2.48. The average molecular weight is 291 g/mol. The van der Waals surface area contributed by atoms with Crippen molar-refractivity contribution in [2.75, 3.05) is 0 Å². The first-order chi connectivity index (χ1) is 9.38. The van der Waals surface area contributed by atoms with E-state index in [1.54, 1.807) is 0 Å².